The molecule has 4 nitrogen and oxygen atoms in total. The van der Waals surface area contributed by atoms with E-state index in [9.17, 15) is 18.4 Å². The standard InChI is InChI=1S/C19H20F2N2O2S/c1-23(2)19(25)17-8-13-7-12(3-4-16(13)26-17)18(24)22-10-11-5-14(20)9-15(21)6-11/h5-6,8-9,12H,3-4,7,10H2,1-2H3,(H,22,24). The second kappa shape index (κ2) is 7.53. The molecule has 7 heteroatoms. The number of thiophene rings is 1. The molecule has 1 aliphatic rings. The summed E-state index contributed by atoms with van der Waals surface area (Å²) in [4.78, 5) is 27.9. The van der Waals surface area contributed by atoms with Gasteiger partial charge in [0.25, 0.3) is 5.91 Å². The van der Waals surface area contributed by atoms with Crippen LogP contribution in [0.4, 0.5) is 8.78 Å². The Kier molecular flexibility index (Phi) is 5.36. The predicted octanol–water partition coefficient (Wildman–Crippen LogP) is 3.15. The van der Waals surface area contributed by atoms with Crippen LogP contribution in [0.1, 0.15) is 32.1 Å². The zero-order valence-corrected chi connectivity index (χ0v) is 15.5. The van der Waals surface area contributed by atoms with Gasteiger partial charge < -0.3 is 10.2 Å². The van der Waals surface area contributed by atoms with Crippen LogP contribution in [0, 0.1) is 17.6 Å². The number of nitrogens with zero attached hydrogens (tertiary/aromatic N) is 1. The van der Waals surface area contributed by atoms with Crippen molar-refractivity contribution in [1.82, 2.24) is 10.2 Å². The van der Waals surface area contributed by atoms with Crippen molar-refractivity contribution in [2.24, 2.45) is 5.92 Å². The van der Waals surface area contributed by atoms with Crippen LogP contribution in [0.15, 0.2) is 24.3 Å². The third-order valence-electron chi connectivity index (χ3n) is 4.46. The van der Waals surface area contributed by atoms with Gasteiger partial charge in [0.15, 0.2) is 0 Å². The number of amides is 2. The van der Waals surface area contributed by atoms with Crippen molar-refractivity contribution in [3.05, 3.63) is 56.8 Å². The van der Waals surface area contributed by atoms with E-state index in [2.05, 4.69) is 5.32 Å². The topological polar surface area (TPSA) is 49.4 Å². The van der Waals surface area contributed by atoms with E-state index in [-0.39, 0.29) is 24.3 Å². The lowest BCUT2D eigenvalue weighted by atomic mass is 9.87. The second-order valence-electron chi connectivity index (χ2n) is 6.69. The Hall–Kier alpha value is -2.28. The second-order valence-corrected chi connectivity index (χ2v) is 7.83. The molecule has 0 fully saturated rings. The lowest BCUT2D eigenvalue weighted by molar-refractivity contribution is -0.125. The summed E-state index contributed by atoms with van der Waals surface area (Å²) in [6, 6.07) is 5.10. The smallest absolute Gasteiger partial charge is 0.263 e. The maximum absolute atomic E-state index is 13.2. The van der Waals surface area contributed by atoms with Crippen molar-refractivity contribution in [1.29, 1.82) is 0 Å². The molecule has 1 N–H and O–H groups in total. The largest absolute Gasteiger partial charge is 0.352 e. The number of benzene rings is 1. The molecular weight excluding hydrogens is 358 g/mol. The van der Waals surface area contributed by atoms with Gasteiger partial charge in [-0.2, -0.15) is 0 Å². The first-order chi connectivity index (χ1) is 12.3. The van der Waals surface area contributed by atoms with E-state index < -0.39 is 11.6 Å². The van der Waals surface area contributed by atoms with Crippen LogP contribution in [0.25, 0.3) is 0 Å². The molecule has 1 heterocycles. The van der Waals surface area contributed by atoms with Crippen LogP contribution in [-0.4, -0.2) is 30.8 Å². The molecule has 0 spiro atoms. The quantitative estimate of drug-likeness (QED) is 0.889. The van der Waals surface area contributed by atoms with E-state index in [1.165, 1.54) is 23.5 Å². The molecule has 2 aromatic rings. The number of carbonyl (C=O) groups excluding carboxylic acids is 2. The molecule has 138 valence electrons. The summed E-state index contributed by atoms with van der Waals surface area (Å²) in [5.74, 6) is -1.68. The van der Waals surface area contributed by atoms with Crippen LogP contribution >= 0.6 is 11.3 Å². The normalized spacial score (nSPS) is 16.1. The fraction of sp³-hybridized carbons (Fsp3) is 0.368. The van der Waals surface area contributed by atoms with Crippen LogP contribution < -0.4 is 5.32 Å². The molecule has 1 atom stereocenters. The Morgan fingerprint density at radius 3 is 2.54 bits per heavy atom. The molecule has 2 amide bonds. The van der Waals surface area contributed by atoms with Crippen molar-refractivity contribution in [3.8, 4) is 0 Å². The minimum atomic E-state index is -0.659. The number of rotatable bonds is 4. The van der Waals surface area contributed by atoms with E-state index >= 15 is 0 Å². The monoisotopic (exact) mass is 378 g/mol. The Morgan fingerprint density at radius 2 is 1.88 bits per heavy atom. The molecule has 26 heavy (non-hydrogen) atoms. The van der Waals surface area contributed by atoms with Crippen LogP contribution in [0.5, 0.6) is 0 Å². The number of hydrogen-bond acceptors (Lipinski definition) is 3. The molecule has 0 aliphatic heterocycles. The molecule has 1 aromatic carbocycles. The van der Waals surface area contributed by atoms with Crippen molar-refractivity contribution in [3.63, 3.8) is 0 Å². The first kappa shape index (κ1) is 18.5. The third-order valence-corrected chi connectivity index (χ3v) is 5.68. The maximum Gasteiger partial charge on any atom is 0.263 e. The summed E-state index contributed by atoms with van der Waals surface area (Å²) in [5, 5.41) is 2.76. The predicted molar refractivity (Wildman–Crippen MR) is 96.1 cm³/mol. The number of aryl methyl sites for hydroxylation is 1. The summed E-state index contributed by atoms with van der Waals surface area (Å²) in [6.07, 6.45) is 2.04. The van der Waals surface area contributed by atoms with Gasteiger partial charge in [-0.3, -0.25) is 9.59 Å². The van der Waals surface area contributed by atoms with Gasteiger partial charge in [0.05, 0.1) is 4.88 Å². The van der Waals surface area contributed by atoms with E-state index in [1.807, 2.05) is 6.07 Å². The highest BCUT2D eigenvalue weighted by Gasteiger charge is 2.27. The molecule has 1 aliphatic carbocycles. The summed E-state index contributed by atoms with van der Waals surface area (Å²) >= 11 is 1.49. The van der Waals surface area contributed by atoms with Crippen molar-refractivity contribution in [2.45, 2.75) is 25.8 Å². The number of fused-ring (bicyclic) bond motifs is 1. The van der Waals surface area contributed by atoms with Crippen LogP contribution in [0.2, 0.25) is 0 Å². The SMILES string of the molecule is CN(C)C(=O)c1cc2c(s1)CCC(C(=O)NCc1cc(F)cc(F)c1)C2. The molecule has 0 radical (unpaired) electrons. The third kappa shape index (κ3) is 4.09. The molecular formula is C19H20F2N2O2S. The van der Waals surface area contributed by atoms with Crippen molar-refractivity contribution < 1.29 is 18.4 Å². The fourth-order valence-electron chi connectivity index (χ4n) is 3.12. The summed E-state index contributed by atoms with van der Waals surface area (Å²) in [6.45, 7) is 0.0882. The minimum Gasteiger partial charge on any atom is -0.352 e. The average molecular weight is 378 g/mol. The van der Waals surface area contributed by atoms with Crippen molar-refractivity contribution >= 4 is 23.2 Å². The summed E-state index contributed by atoms with van der Waals surface area (Å²) in [5.41, 5.74) is 1.44. The summed E-state index contributed by atoms with van der Waals surface area (Å²) in [7, 11) is 3.43. The molecule has 0 bridgehead atoms. The number of nitrogens with one attached hydrogen (secondary N) is 1. The zero-order valence-electron chi connectivity index (χ0n) is 14.6. The zero-order chi connectivity index (χ0) is 18.8. The van der Waals surface area contributed by atoms with E-state index in [0.29, 0.717) is 23.3 Å². The van der Waals surface area contributed by atoms with E-state index in [0.717, 1.165) is 22.9 Å². The maximum atomic E-state index is 13.2. The highest BCUT2D eigenvalue weighted by Crippen LogP contribution is 2.33. The van der Waals surface area contributed by atoms with Crippen LogP contribution in [0.3, 0.4) is 0 Å². The van der Waals surface area contributed by atoms with Gasteiger partial charge in [0, 0.05) is 37.5 Å². The Labute approximate surface area is 154 Å². The van der Waals surface area contributed by atoms with Gasteiger partial charge >= 0.3 is 0 Å². The molecule has 0 saturated carbocycles. The molecule has 0 saturated heterocycles. The number of hydrogen-bond donors (Lipinski definition) is 1. The van der Waals surface area contributed by atoms with Crippen LogP contribution in [-0.2, 0) is 24.2 Å². The highest BCUT2D eigenvalue weighted by molar-refractivity contribution is 7.14. The Morgan fingerprint density at radius 1 is 1.19 bits per heavy atom. The lowest BCUT2D eigenvalue weighted by Gasteiger charge is -2.21. The highest BCUT2D eigenvalue weighted by atomic mass is 32.1. The Balaban J connectivity index is 1.63. The average Bonchev–Trinajstić information content (AvgIpc) is 3.01. The molecule has 1 aromatic heterocycles. The van der Waals surface area contributed by atoms with Gasteiger partial charge in [-0.1, -0.05) is 0 Å². The van der Waals surface area contributed by atoms with E-state index in [1.54, 1.807) is 19.0 Å². The van der Waals surface area contributed by atoms with Gasteiger partial charge in [-0.05, 0) is 48.6 Å². The minimum absolute atomic E-state index is 0.0291. The summed E-state index contributed by atoms with van der Waals surface area (Å²) < 4.78 is 26.4. The number of carbonyl (C=O) groups is 2. The van der Waals surface area contributed by atoms with Gasteiger partial charge in [0.1, 0.15) is 11.6 Å². The first-order valence-electron chi connectivity index (χ1n) is 8.39. The van der Waals surface area contributed by atoms with Gasteiger partial charge in [-0.15, -0.1) is 11.3 Å². The van der Waals surface area contributed by atoms with Gasteiger partial charge in [-0.25, -0.2) is 8.78 Å². The van der Waals surface area contributed by atoms with Gasteiger partial charge in [0.2, 0.25) is 5.91 Å². The van der Waals surface area contributed by atoms with Crippen molar-refractivity contribution in [2.75, 3.05) is 14.1 Å². The first-order valence-corrected chi connectivity index (χ1v) is 9.21. The lowest BCUT2D eigenvalue weighted by Crippen LogP contribution is -2.33. The molecule has 1 unspecified atom stereocenters. The Bertz CT molecular complexity index is 828. The fourth-order valence-corrected chi connectivity index (χ4v) is 4.35. The van der Waals surface area contributed by atoms with E-state index in [4.69, 9.17) is 0 Å². The molecule has 3 rings (SSSR count). The number of halogens is 2.